The Kier molecular flexibility index (Phi) is 6.53. The largest absolute Gasteiger partial charge is 0.468 e. The molecule has 1 amide bonds. The third-order valence-corrected chi connectivity index (χ3v) is 7.99. The topological polar surface area (TPSA) is 88.7 Å². The minimum Gasteiger partial charge on any atom is -0.468 e. The molecule has 1 aromatic carbocycles. The zero-order valence-electron chi connectivity index (χ0n) is 19.1. The first kappa shape index (κ1) is 23.0. The van der Waals surface area contributed by atoms with E-state index in [2.05, 4.69) is 23.3 Å². The number of hydrogen-bond acceptors (Lipinski definition) is 5. The van der Waals surface area contributed by atoms with Gasteiger partial charge in [0.25, 0.3) is 0 Å². The van der Waals surface area contributed by atoms with Gasteiger partial charge in [-0.2, -0.15) is 9.40 Å². The maximum absolute atomic E-state index is 13.2. The fourth-order valence-electron chi connectivity index (χ4n) is 4.11. The molecule has 0 saturated heterocycles. The number of aromatic nitrogens is 2. The second-order valence-corrected chi connectivity index (χ2v) is 10.2. The monoisotopic (exact) mass is 468 g/mol. The average molecular weight is 469 g/mol. The van der Waals surface area contributed by atoms with E-state index in [9.17, 15) is 13.2 Å². The molecule has 8 nitrogen and oxygen atoms in total. The van der Waals surface area contributed by atoms with Gasteiger partial charge in [0.2, 0.25) is 15.9 Å². The molecule has 0 atom stereocenters. The van der Waals surface area contributed by atoms with Gasteiger partial charge >= 0.3 is 0 Å². The Hall–Kier alpha value is -3.17. The van der Waals surface area contributed by atoms with Crippen LogP contribution in [0.25, 0.3) is 5.57 Å². The van der Waals surface area contributed by atoms with Gasteiger partial charge < -0.3 is 9.32 Å². The summed E-state index contributed by atoms with van der Waals surface area (Å²) in [6, 6.07) is 13.6. The number of rotatable bonds is 7. The molecule has 0 bridgehead atoms. The number of aryl methyl sites for hydroxylation is 1. The molecule has 1 aliphatic rings. The number of amides is 1. The fraction of sp³-hybridized carbons (Fsp3) is 0.333. The van der Waals surface area contributed by atoms with Crippen molar-refractivity contribution in [1.82, 2.24) is 19.0 Å². The lowest BCUT2D eigenvalue weighted by atomic mass is 9.99. The predicted octanol–water partition coefficient (Wildman–Crippen LogP) is 3.23. The van der Waals surface area contributed by atoms with Gasteiger partial charge in [-0.3, -0.25) is 9.48 Å². The van der Waals surface area contributed by atoms with E-state index in [4.69, 9.17) is 4.42 Å². The van der Waals surface area contributed by atoms with Crippen molar-refractivity contribution in [3.05, 3.63) is 77.5 Å². The standard InChI is InChI=1S/C24H28N4O4S/c1-18-24(33(30,31)26(3)16-22-10-7-15-32-22)19(2)28(25-18)17-23(29)27-13-11-21(12-14-27)20-8-5-4-6-9-20/h4-11,15H,12-14,16-17H2,1-3H3. The van der Waals surface area contributed by atoms with Crippen molar-refractivity contribution in [3.63, 3.8) is 0 Å². The number of nitrogens with zero attached hydrogens (tertiary/aromatic N) is 4. The molecule has 9 heteroatoms. The molecular weight excluding hydrogens is 440 g/mol. The van der Waals surface area contributed by atoms with Crippen LogP contribution in [0.4, 0.5) is 0 Å². The van der Waals surface area contributed by atoms with E-state index < -0.39 is 10.0 Å². The van der Waals surface area contributed by atoms with E-state index in [1.54, 1.807) is 30.9 Å². The molecule has 3 heterocycles. The summed E-state index contributed by atoms with van der Waals surface area (Å²) in [6.45, 7) is 4.60. The first-order chi connectivity index (χ1) is 15.8. The number of hydrogen-bond donors (Lipinski definition) is 0. The smallest absolute Gasteiger partial charge is 0.246 e. The van der Waals surface area contributed by atoms with E-state index >= 15 is 0 Å². The maximum atomic E-state index is 13.2. The lowest BCUT2D eigenvalue weighted by Gasteiger charge is -2.27. The van der Waals surface area contributed by atoms with Crippen LogP contribution in [0.5, 0.6) is 0 Å². The van der Waals surface area contributed by atoms with Gasteiger partial charge in [0.05, 0.1) is 24.2 Å². The Morgan fingerprint density at radius 3 is 2.55 bits per heavy atom. The second-order valence-electron chi connectivity index (χ2n) is 8.18. The van der Waals surface area contributed by atoms with Gasteiger partial charge in [-0.25, -0.2) is 8.42 Å². The number of furan rings is 1. The summed E-state index contributed by atoms with van der Waals surface area (Å²) in [5, 5.41) is 4.38. The van der Waals surface area contributed by atoms with Crippen LogP contribution in [0, 0.1) is 13.8 Å². The molecule has 3 aromatic rings. The van der Waals surface area contributed by atoms with Crippen molar-refractivity contribution in [3.8, 4) is 0 Å². The molecule has 0 radical (unpaired) electrons. The highest BCUT2D eigenvalue weighted by Gasteiger charge is 2.30. The van der Waals surface area contributed by atoms with Crippen molar-refractivity contribution in [2.24, 2.45) is 0 Å². The molecule has 0 unspecified atom stereocenters. The number of sulfonamides is 1. The number of benzene rings is 1. The molecule has 174 valence electrons. The van der Waals surface area contributed by atoms with Gasteiger partial charge in [0.1, 0.15) is 17.2 Å². The van der Waals surface area contributed by atoms with Crippen molar-refractivity contribution < 1.29 is 17.6 Å². The summed E-state index contributed by atoms with van der Waals surface area (Å²) in [6.07, 6.45) is 4.37. The molecule has 0 saturated carbocycles. The molecule has 0 spiro atoms. The van der Waals surface area contributed by atoms with Gasteiger partial charge in [0.15, 0.2) is 0 Å². The van der Waals surface area contributed by atoms with Gasteiger partial charge in [-0.1, -0.05) is 36.4 Å². The van der Waals surface area contributed by atoms with Crippen LogP contribution in [-0.4, -0.2) is 53.4 Å². The highest BCUT2D eigenvalue weighted by Crippen LogP contribution is 2.25. The highest BCUT2D eigenvalue weighted by atomic mass is 32.2. The van der Waals surface area contributed by atoms with Gasteiger partial charge in [0, 0.05) is 20.1 Å². The first-order valence-electron chi connectivity index (χ1n) is 10.8. The summed E-state index contributed by atoms with van der Waals surface area (Å²) in [5.41, 5.74) is 3.23. The lowest BCUT2D eigenvalue weighted by Crippen LogP contribution is -2.37. The summed E-state index contributed by atoms with van der Waals surface area (Å²) in [7, 11) is -2.29. The minimum atomic E-state index is -3.80. The quantitative estimate of drug-likeness (QED) is 0.531. The normalized spacial score (nSPS) is 14.5. The molecule has 2 aromatic heterocycles. The summed E-state index contributed by atoms with van der Waals surface area (Å²) in [4.78, 5) is 14.9. The van der Waals surface area contributed by atoms with Crippen LogP contribution in [0.15, 0.2) is 64.1 Å². The first-order valence-corrected chi connectivity index (χ1v) is 12.3. The highest BCUT2D eigenvalue weighted by molar-refractivity contribution is 7.89. The van der Waals surface area contributed by atoms with Crippen LogP contribution >= 0.6 is 0 Å². The Morgan fingerprint density at radius 2 is 1.91 bits per heavy atom. The van der Waals surface area contributed by atoms with Crippen molar-refractivity contribution in [2.75, 3.05) is 20.1 Å². The molecule has 0 fully saturated rings. The van der Waals surface area contributed by atoms with Crippen LogP contribution in [0.3, 0.4) is 0 Å². The van der Waals surface area contributed by atoms with E-state index in [0.717, 1.165) is 6.42 Å². The van der Waals surface area contributed by atoms with Crippen molar-refractivity contribution >= 4 is 21.5 Å². The average Bonchev–Trinajstić information content (AvgIpc) is 3.42. The molecule has 33 heavy (non-hydrogen) atoms. The number of carbonyl (C=O) groups is 1. The third kappa shape index (κ3) is 4.79. The molecule has 1 aliphatic heterocycles. The van der Waals surface area contributed by atoms with E-state index in [1.807, 2.05) is 18.2 Å². The zero-order valence-corrected chi connectivity index (χ0v) is 19.9. The Balaban J connectivity index is 1.47. The van der Waals surface area contributed by atoms with Crippen molar-refractivity contribution in [2.45, 2.75) is 38.3 Å². The SMILES string of the molecule is Cc1nn(CC(=O)N2CC=C(c3ccccc3)CC2)c(C)c1S(=O)(=O)N(C)Cc1ccco1. The predicted molar refractivity (Wildman–Crippen MR) is 125 cm³/mol. The van der Waals surface area contributed by atoms with E-state index in [0.29, 0.717) is 30.2 Å². The van der Waals surface area contributed by atoms with Gasteiger partial charge in [-0.15, -0.1) is 0 Å². The second kappa shape index (κ2) is 9.36. The number of carbonyl (C=O) groups excluding carboxylic acids is 1. The van der Waals surface area contributed by atoms with Crippen LogP contribution < -0.4 is 0 Å². The lowest BCUT2D eigenvalue weighted by molar-refractivity contribution is -0.131. The third-order valence-electron chi connectivity index (χ3n) is 5.93. The summed E-state index contributed by atoms with van der Waals surface area (Å²) >= 11 is 0. The van der Waals surface area contributed by atoms with Crippen LogP contribution in [-0.2, 0) is 27.9 Å². The molecule has 4 rings (SSSR count). The molecule has 0 N–H and O–H groups in total. The maximum Gasteiger partial charge on any atom is 0.246 e. The van der Waals surface area contributed by atoms with Gasteiger partial charge in [-0.05, 0) is 43.5 Å². The Morgan fingerprint density at radius 1 is 1.15 bits per heavy atom. The molecule has 0 aliphatic carbocycles. The Bertz CT molecular complexity index is 1260. The zero-order chi connectivity index (χ0) is 23.6. The Labute approximate surface area is 194 Å². The van der Waals surface area contributed by atoms with E-state index in [-0.39, 0.29) is 23.9 Å². The van der Waals surface area contributed by atoms with Crippen LogP contribution in [0.2, 0.25) is 0 Å². The summed E-state index contributed by atoms with van der Waals surface area (Å²) in [5.74, 6) is 0.462. The summed E-state index contributed by atoms with van der Waals surface area (Å²) < 4.78 is 34.4. The fourth-order valence-corrected chi connectivity index (χ4v) is 5.61. The minimum absolute atomic E-state index is 0.00139. The molecular formula is C24H28N4O4S. The van der Waals surface area contributed by atoms with Crippen molar-refractivity contribution in [1.29, 1.82) is 0 Å². The van der Waals surface area contributed by atoms with Crippen LogP contribution in [0.1, 0.15) is 29.1 Å². The van der Waals surface area contributed by atoms with E-state index in [1.165, 1.54) is 33.4 Å².